The third-order valence-corrected chi connectivity index (χ3v) is 5.09. The Balaban J connectivity index is 0.00000338. The van der Waals surface area contributed by atoms with Crippen molar-refractivity contribution >= 4 is 35.8 Å². The highest BCUT2D eigenvalue weighted by Crippen LogP contribution is 2.26. The van der Waals surface area contributed by atoms with Crippen LogP contribution in [-0.4, -0.2) is 61.6 Å². The van der Waals surface area contributed by atoms with E-state index in [4.69, 9.17) is 0 Å². The van der Waals surface area contributed by atoms with Gasteiger partial charge in [-0.1, -0.05) is 19.3 Å². The zero-order chi connectivity index (χ0) is 18.3. The summed E-state index contributed by atoms with van der Waals surface area (Å²) in [4.78, 5) is 19.0. The van der Waals surface area contributed by atoms with Gasteiger partial charge in [0.15, 0.2) is 5.96 Å². The molecule has 152 valence electrons. The second-order valence-corrected chi connectivity index (χ2v) is 8.42. The quantitative estimate of drug-likeness (QED) is 0.245. The van der Waals surface area contributed by atoms with Crippen LogP contribution in [0.15, 0.2) is 4.99 Å². The Bertz CT molecular complexity index is 457. The molecule has 2 fully saturated rings. The van der Waals surface area contributed by atoms with E-state index in [1.807, 2.05) is 0 Å². The van der Waals surface area contributed by atoms with Crippen LogP contribution >= 0.6 is 24.0 Å². The minimum Gasteiger partial charge on any atom is -0.355 e. The van der Waals surface area contributed by atoms with Crippen molar-refractivity contribution in [3.8, 4) is 0 Å². The first kappa shape index (κ1) is 23.5. The van der Waals surface area contributed by atoms with E-state index in [1.165, 1.54) is 19.3 Å². The van der Waals surface area contributed by atoms with Gasteiger partial charge in [-0.05, 0) is 40.0 Å². The largest absolute Gasteiger partial charge is 0.355 e. The molecule has 2 rings (SSSR count). The average molecular weight is 479 g/mol. The maximum atomic E-state index is 12.7. The average Bonchev–Trinajstić information content (AvgIpc) is 3.05. The fourth-order valence-electron chi connectivity index (χ4n) is 3.69. The van der Waals surface area contributed by atoms with Crippen LogP contribution in [0, 0.1) is 5.92 Å². The van der Waals surface area contributed by atoms with Crippen molar-refractivity contribution in [1.82, 2.24) is 20.9 Å². The summed E-state index contributed by atoms with van der Waals surface area (Å²) in [6, 6.07) is 0.300. The van der Waals surface area contributed by atoms with Gasteiger partial charge in [-0.2, -0.15) is 0 Å². The Labute approximate surface area is 176 Å². The molecule has 1 aliphatic heterocycles. The lowest BCUT2D eigenvalue weighted by Gasteiger charge is -2.26. The number of guanidine groups is 1. The van der Waals surface area contributed by atoms with Gasteiger partial charge in [0.25, 0.3) is 0 Å². The molecule has 0 bridgehead atoms. The zero-order valence-electron chi connectivity index (χ0n) is 16.9. The molecule has 0 spiro atoms. The van der Waals surface area contributed by atoms with Crippen LogP contribution in [0.2, 0.25) is 0 Å². The van der Waals surface area contributed by atoms with E-state index in [9.17, 15) is 4.79 Å². The van der Waals surface area contributed by atoms with Crippen molar-refractivity contribution in [2.75, 3.05) is 33.2 Å². The van der Waals surface area contributed by atoms with Gasteiger partial charge in [0.05, 0.1) is 0 Å². The van der Waals surface area contributed by atoms with Crippen LogP contribution in [0.3, 0.4) is 0 Å². The first-order valence-corrected chi connectivity index (χ1v) is 9.90. The van der Waals surface area contributed by atoms with E-state index in [2.05, 4.69) is 46.6 Å². The van der Waals surface area contributed by atoms with Crippen LogP contribution in [-0.2, 0) is 4.79 Å². The number of aliphatic imine (C=N–C) groups is 1. The molecule has 1 saturated carbocycles. The highest BCUT2D eigenvalue weighted by Gasteiger charge is 2.31. The highest BCUT2D eigenvalue weighted by molar-refractivity contribution is 14.0. The predicted molar refractivity (Wildman–Crippen MR) is 119 cm³/mol. The van der Waals surface area contributed by atoms with E-state index >= 15 is 0 Å². The summed E-state index contributed by atoms with van der Waals surface area (Å²) in [5.74, 6) is 1.47. The van der Waals surface area contributed by atoms with Crippen molar-refractivity contribution in [2.45, 2.75) is 70.9 Å². The number of likely N-dealkylation sites (tertiary alicyclic amines) is 1. The summed E-state index contributed by atoms with van der Waals surface area (Å²) in [6.07, 6.45) is 6.88. The SMILES string of the molecule is CN=C(NCCNC(C)(C)C)NC1CCN(C(=O)C2CCCCC2)C1.I. The van der Waals surface area contributed by atoms with Crippen LogP contribution < -0.4 is 16.0 Å². The van der Waals surface area contributed by atoms with Crippen molar-refractivity contribution < 1.29 is 4.79 Å². The summed E-state index contributed by atoms with van der Waals surface area (Å²) in [6.45, 7) is 9.88. The van der Waals surface area contributed by atoms with Crippen LogP contribution in [0.5, 0.6) is 0 Å². The lowest BCUT2D eigenvalue weighted by atomic mass is 9.88. The van der Waals surface area contributed by atoms with Gasteiger partial charge >= 0.3 is 0 Å². The Morgan fingerprint density at radius 2 is 1.81 bits per heavy atom. The number of rotatable bonds is 5. The molecule has 2 aliphatic rings. The molecule has 26 heavy (non-hydrogen) atoms. The molecule has 1 unspecified atom stereocenters. The second kappa shape index (κ2) is 11.3. The van der Waals surface area contributed by atoms with Crippen LogP contribution in [0.25, 0.3) is 0 Å². The molecule has 1 aliphatic carbocycles. The number of carbonyl (C=O) groups is 1. The molecule has 0 aromatic rings. The summed E-state index contributed by atoms with van der Waals surface area (Å²) >= 11 is 0. The molecule has 0 aromatic heterocycles. The van der Waals surface area contributed by atoms with Gasteiger partial charge in [0, 0.05) is 50.7 Å². The molecule has 6 nitrogen and oxygen atoms in total. The molecule has 7 heteroatoms. The first-order valence-electron chi connectivity index (χ1n) is 9.90. The molecule has 1 saturated heterocycles. The van der Waals surface area contributed by atoms with E-state index in [0.29, 0.717) is 11.9 Å². The molecule has 0 aromatic carbocycles. The number of hydrogen-bond acceptors (Lipinski definition) is 3. The molecule has 3 N–H and O–H groups in total. The van der Waals surface area contributed by atoms with Gasteiger partial charge in [-0.25, -0.2) is 0 Å². The van der Waals surface area contributed by atoms with Gasteiger partial charge in [-0.15, -0.1) is 24.0 Å². The third kappa shape index (κ3) is 7.98. The highest BCUT2D eigenvalue weighted by atomic mass is 127. The maximum absolute atomic E-state index is 12.7. The summed E-state index contributed by atoms with van der Waals surface area (Å²) < 4.78 is 0. The summed E-state index contributed by atoms with van der Waals surface area (Å²) in [5, 5.41) is 10.3. The Morgan fingerprint density at radius 1 is 1.12 bits per heavy atom. The fraction of sp³-hybridized carbons (Fsp3) is 0.895. The summed E-state index contributed by atoms with van der Waals surface area (Å²) in [5.41, 5.74) is 0.129. The van der Waals surface area contributed by atoms with E-state index in [-0.39, 0.29) is 35.4 Å². The molecule has 0 radical (unpaired) electrons. The topological polar surface area (TPSA) is 68.8 Å². The minimum atomic E-state index is 0. The lowest BCUT2D eigenvalue weighted by Crippen LogP contribution is -2.48. The minimum absolute atomic E-state index is 0. The predicted octanol–water partition coefficient (Wildman–Crippen LogP) is 2.34. The normalized spacial score (nSPS) is 22.1. The van der Waals surface area contributed by atoms with Gasteiger partial charge in [-0.3, -0.25) is 9.79 Å². The Kier molecular flexibility index (Phi) is 10.2. The lowest BCUT2D eigenvalue weighted by molar-refractivity contribution is -0.135. The first-order chi connectivity index (χ1) is 11.9. The van der Waals surface area contributed by atoms with Gasteiger partial charge < -0.3 is 20.9 Å². The number of amides is 1. The third-order valence-electron chi connectivity index (χ3n) is 5.09. The number of hydrogen-bond donors (Lipinski definition) is 3. The zero-order valence-corrected chi connectivity index (χ0v) is 19.3. The Hall–Kier alpha value is -0.570. The van der Waals surface area contributed by atoms with E-state index in [0.717, 1.165) is 51.4 Å². The maximum Gasteiger partial charge on any atom is 0.225 e. The molecular formula is C19H38IN5O. The smallest absolute Gasteiger partial charge is 0.225 e. The van der Waals surface area contributed by atoms with E-state index in [1.54, 1.807) is 7.05 Å². The van der Waals surface area contributed by atoms with Gasteiger partial charge in [0.2, 0.25) is 5.91 Å². The van der Waals surface area contributed by atoms with Crippen molar-refractivity contribution in [3.05, 3.63) is 0 Å². The standard InChI is InChI=1S/C19H37N5O.HI/c1-19(2,3)22-12-11-21-18(20-4)23-16-10-13-24(14-16)17(25)15-8-6-5-7-9-15;/h15-16,22H,5-14H2,1-4H3,(H2,20,21,23);1H. The number of carbonyl (C=O) groups excluding carboxylic acids is 1. The molecular weight excluding hydrogens is 441 g/mol. The van der Waals surface area contributed by atoms with Gasteiger partial charge in [0.1, 0.15) is 0 Å². The fourth-order valence-corrected chi connectivity index (χ4v) is 3.69. The number of nitrogens with one attached hydrogen (secondary N) is 3. The monoisotopic (exact) mass is 479 g/mol. The van der Waals surface area contributed by atoms with Crippen molar-refractivity contribution in [2.24, 2.45) is 10.9 Å². The second-order valence-electron chi connectivity index (χ2n) is 8.42. The van der Waals surface area contributed by atoms with Crippen molar-refractivity contribution in [1.29, 1.82) is 0 Å². The number of halogens is 1. The van der Waals surface area contributed by atoms with Crippen LogP contribution in [0.4, 0.5) is 0 Å². The van der Waals surface area contributed by atoms with E-state index < -0.39 is 0 Å². The summed E-state index contributed by atoms with van der Waals surface area (Å²) in [7, 11) is 1.80. The Morgan fingerprint density at radius 3 is 2.42 bits per heavy atom. The molecule has 1 atom stereocenters. The van der Waals surface area contributed by atoms with Crippen molar-refractivity contribution in [3.63, 3.8) is 0 Å². The molecule has 1 amide bonds. The number of nitrogens with zero attached hydrogens (tertiary/aromatic N) is 2. The molecule has 1 heterocycles. The van der Waals surface area contributed by atoms with Crippen LogP contribution in [0.1, 0.15) is 59.3 Å².